The molecule has 3 atom stereocenters. The summed E-state index contributed by atoms with van der Waals surface area (Å²) in [5.74, 6) is -3.63. The van der Waals surface area contributed by atoms with Crippen LogP contribution in [0.25, 0.3) is 0 Å². The molecule has 12 nitrogen and oxygen atoms in total. The molecule has 0 unspecified atom stereocenters. The van der Waals surface area contributed by atoms with Gasteiger partial charge in [0.25, 0.3) is 5.91 Å². The average molecular weight is 501 g/mol. The Kier molecular flexibility index (Phi) is 11.1. The second-order valence-corrected chi connectivity index (χ2v) is 8.21. The molecule has 0 aliphatic rings. The molecule has 0 radical (unpaired) electrons. The summed E-state index contributed by atoms with van der Waals surface area (Å²) in [6, 6.07) is 7.04. The molecule has 0 bridgehead atoms. The van der Waals surface area contributed by atoms with Crippen molar-refractivity contribution in [2.45, 2.75) is 50.2 Å². The molecule has 12 heteroatoms. The summed E-state index contributed by atoms with van der Waals surface area (Å²) in [5, 5.41) is 7.68. The standard InChI is InChI=1S/C24H32N6O6/c25-10-5-4-8-17(23(34)29-18(21(27)32)13-20(26)31)28-24(35)19(12-15-6-2-1-3-7-15)30-22(33)16-9-11-36-14-16/h1-3,6-7,9,11,14,17-19H,4-5,8,10,12-13,25H2,(H2,26,31)(H2,27,32)(H,28,35)(H,29,34)(H,30,33)/t17-,18-,19-/m0/s1. The molecule has 1 heterocycles. The zero-order valence-electron chi connectivity index (χ0n) is 19.8. The maximum absolute atomic E-state index is 13.3. The van der Waals surface area contributed by atoms with Crippen molar-refractivity contribution in [2.24, 2.45) is 17.2 Å². The molecule has 0 saturated heterocycles. The van der Waals surface area contributed by atoms with Crippen molar-refractivity contribution >= 4 is 29.5 Å². The van der Waals surface area contributed by atoms with Gasteiger partial charge in [0.1, 0.15) is 24.4 Å². The highest BCUT2D eigenvalue weighted by Crippen LogP contribution is 2.08. The molecule has 0 aliphatic carbocycles. The summed E-state index contributed by atoms with van der Waals surface area (Å²) in [7, 11) is 0. The Hall–Kier alpha value is -4.19. The van der Waals surface area contributed by atoms with E-state index in [1.807, 2.05) is 6.07 Å². The second kappa shape index (κ2) is 14.3. The molecular weight excluding hydrogens is 468 g/mol. The molecule has 0 spiro atoms. The smallest absolute Gasteiger partial charge is 0.255 e. The Morgan fingerprint density at radius 2 is 1.50 bits per heavy atom. The van der Waals surface area contributed by atoms with Crippen molar-refractivity contribution < 1.29 is 28.4 Å². The van der Waals surface area contributed by atoms with Crippen molar-refractivity contribution in [3.05, 3.63) is 60.1 Å². The Balaban J connectivity index is 2.21. The first-order valence-electron chi connectivity index (χ1n) is 11.5. The van der Waals surface area contributed by atoms with Gasteiger partial charge in [-0.05, 0) is 37.4 Å². The third kappa shape index (κ3) is 9.22. The Labute approximate surface area is 208 Å². The van der Waals surface area contributed by atoms with E-state index in [-0.39, 0.29) is 18.4 Å². The summed E-state index contributed by atoms with van der Waals surface area (Å²) in [6.45, 7) is 0.380. The fourth-order valence-electron chi connectivity index (χ4n) is 3.42. The lowest BCUT2D eigenvalue weighted by molar-refractivity contribution is -0.133. The van der Waals surface area contributed by atoms with Gasteiger partial charge < -0.3 is 37.6 Å². The molecular formula is C24H32N6O6. The van der Waals surface area contributed by atoms with E-state index < -0.39 is 54.1 Å². The van der Waals surface area contributed by atoms with Gasteiger partial charge in [0.05, 0.1) is 18.2 Å². The van der Waals surface area contributed by atoms with Gasteiger partial charge in [-0.15, -0.1) is 0 Å². The number of hydrogen-bond acceptors (Lipinski definition) is 7. The summed E-state index contributed by atoms with van der Waals surface area (Å²) in [5.41, 5.74) is 17.0. The van der Waals surface area contributed by atoms with E-state index in [4.69, 9.17) is 21.6 Å². The van der Waals surface area contributed by atoms with Crippen LogP contribution >= 0.6 is 0 Å². The van der Waals surface area contributed by atoms with Crippen LogP contribution in [-0.2, 0) is 25.6 Å². The number of primary amides is 2. The molecule has 1 aromatic heterocycles. The lowest BCUT2D eigenvalue weighted by atomic mass is 10.0. The van der Waals surface area contributed by atoms with Gasteiger partial charge in [-0.3, -0.25) is 24.0 Å². The van der Waals surface area contributed by atoms with Gasteiger partial charge in [-0.2, -0.15) is 0 Å². The summed E-state index contributed by atoms with van der Waals surface area (Å²) in [6.07, 6.45) is 3.53. The zero-order chi connectivity index (χ0) is 26.5. The first-order valence-corrected chi connectivity index (χ1v) is 11.5. The largest absolute Gasteiger partial charge is 0.472 e. The van der Waals surface area contributed by atoms with Crippen molar-refractivity contribution in [1.82, 2.24) is 16.0 Å². The van der Waals surface area contributed by atoms with Crippen LogP contribution in [0.15, 0.2) is 53.3 Å². The van der Waals surface area contributed by atoms with Crippen LogP contribution in [0.1, 0.15) is 41.6 Å². The predicted molar refractivity (Wildman–Crippen MR) is 130 cm³/mol. The lowest BCUT2D eigenvalue weighted by Crippen LogP contribution is -2.57. The van der Waals surface area contributed by atoms with Gasteiger partial charge in [-0.25, -0.2) is 0 Å². The third-order valence-electron chi connectivity index (χ3n) is 5.33. The Morgan fingerprint density at radius 1 is 0.833 bits per heavy atom. The van der Waals surface area contributed by atoms with E-state index in [0.717, 1.165) is 5.56 Å². The fraction of sp³-hybridized carbons (Fsp3) is 0.375. The number of amides is 5. The zero-order valence-corrected chi connectivity index (χ0v) is 19.8. The summed E-state index contributed by atoms with van der Waals surface area (Å²) >= 11 is 0. The molecule has 194 valence electrons. The van der Waals surface area contributed by atoms with Gasteiger partial charge in [-0.1, -0.05) is 30.3 Å². The minimum absolute atomic E-state index is 0.152. The third-order valence-corrected chi connectivity index (χ3v) is 5.33. The summed E-state index contributed by atoms with van der Waals surface area (Å²) in [4.78, 5) is 61.8. The number of nitrogens with two attached hydrogens (primary N) is 3. The number of benzene rings is 1. The topological polar surface area (TPSA) is 213 Å². The van der Waals surface area contributed by atoms with Crippen molar-refractivity contribution in [2.75, 3.05) is 6.54 Å². The summed E-state index contributed by atoms with van der Waals surface area (Å²) < 4.78 is 4.94. The molecule has 2 aromatic rings. The second-order valence-electron chi connectivity index (χ2n) is 8.21. The maximum Gasteiger partial charge on any atom is 0.255 e. The fourth-order valence-corrected chi connectivity index (χ4v) is 3.42. The van der Waals surface area contributed by atoms with Gasteiger partial charge in [0.2, 0.25) is 23.6 Å². The SMILES string of the molecule is NCCCC[C@H](NC(=O)[C@H](Cc1ccccc1)NC(=O)c1ccoc1)C(=O)N[C@@H](CC(N)=O)C(N)=O. The van der Waals surface area contributed by atoms with Crippen LogP contribution in [0.5, 0.6) is 0 Å². The van der Waals surface area contributed by atoms with Crippen LogP contribution in [-0.4, -0.2) is 54.2 Å². The lowest BCUT2D eigenvalue weighted by Gasteiger charge is -2.24. The quantitative estimate of drug-likeness (QED) is 0.169. The van der Waals surface area contributed by atoms with E-state index in [1.165, 1.54) is 18.6 Å². The van der Waals surface area contributed by atoms with Gasteiger partial charge in [0, 0.05) is 6.42 Å². The van der Waals surface area contributed by atoms with E-state index in [2.05, 4.69) is 16.0 Å². The minimum atomic E-state index is -1.33. The van der Waals surface area contributed by atoms with E-state index >= 15 is 0 Å². The van der Waals surface area contributed by atoms with Crippen molar-refractivity contribution in [3.8, 4) is 0 Å². The number of carbonyl (C=O) groups excluding carboxylic acids is 5. The number of carbonyl (C=O) groups is 5. The number of unbranched alkanes of at least 4 members (excludes halogenated alkanes) is 1. The molecule has 5 amide bonds. The highest BCUT2D eigenvalue weighted by molar-refractivity contribution is 5.98. The highest BCUT2D eigenvalue weighted by atomic mass is 16.3. The minimum Gasteiger partial charge on any atom is -0.472 e. The molecule has 9 N–H and O–H groups in total. The molecule has 0 saturated carbocycles. The molecule has 2 rings (SSSR count). The van der Waals surface area contributed by atoms with Crippen LogP contribution in [0.3, 0.4) is 0 Å². The number of hydrogen-bond donors (Lipinski definition) is 6. The Morgan fingerprint density at radius 3 is 2.08 bits per heavy atom. The predicted octanol–water partition coefficient (Wildman–Crippen LogP) is -0.920. The first-order chi connectivity index (χ1) is 17.2. The van der Waals surface area contributed by atoms with Crippen molar-refractivity contribution in [3.63, 3.8) is 0 Å². The number of nitrogens with one attached hydrogen (secondary N) is 3. The van der Waals surface area contributed by atoms with Crippen molar-refractivity contribution in [1.29, 1.82) is 0 Å². The maximum atomic E-state index is 13.3. The van der Waals surface area contributed by atoms with Gasteiger partial charge in [0.15, 0.2) is 0 Å². The van der Waals surface area contributed by atoms with E-state index in [1.54, 1.807) is 24.3 Å². The van der Waals surface area contributed by atoms with E-state index in [9.17, 15) is 24.0 Å². The number of furan rings is 1. The normalized spacial score (nSPS) is 13.1. The first kappa shape index (κ1) is 28.1. The van der Waals surface area contributed by atoms with Crippen LogP contribution < -0.4 is 33.2 Å². The van der Waals surface area contributed by atoms with Crippen LogP contribution in [0, 0.1) is 0 Å². The molecule has 1 aromatic carbocycles. The van der Waals surface area contributed by atoms with Crippen LogP contribution in [0.2, 0.25) is 0 Å². The monoisotopic (exact) mass is 500 g/mol. The molecule has 0 fully saturated rings. The molecule has 36 heavy (non-hydrogen) atoms. The highest BCUT2D eigenvalue weighted by Gasteiger charge is 2.30. The van der Waals surface area contributed by atoms with Gasteiger partial charge >= 0.3 is 0 Å². The van der Waals surface area contributed by atoms with E-state index in [0.29, 0.717) is 19.4 Å². The number of rotatable bonds is 15. The molecule has 0 aliphatic heterocycles. The van der Waals surface area contributed by atoms with Crippen LogP contribution in [0.4, 0.5) is 0 Å². The average Bonchev–Trinajstić information content (AvgIpc) is 3.38. The Bertz CT molecular complexity index is 1030.